The number of aromatic nitrogens is 3. The fourth-order valence-corrected chi connectivity index (χ4v) is 3.49. The lowest BCUT2D eigenvalue weighted by molar-refractivity contribution is 0.0666. The Labute approximate surface area is 140 Å². The highest BCUT2D eigenvalue weighted by molar-refractivity contribution is 5.98. The Hall–Kier alpha value is -2.57. The maximum Gasteiger partial charge on any atom is 0.257 e. The minimum atomic E-state index is -0.0171. The number of hydrogen-bond acceptors (Lipinski definition) is 5. The van der Waals surface area contributed by atoms with Gasteiger partial charge in [-0.1, -0.05) is 6.07 Å². The highest BCUT2D eigenvalue weighted by Gasteiger charge is 2.30. The van der Waals surface area contributed by atoms with E-state index in [0.717, 1.165) is 31.0 Å². The number of nitrogens with zero attached hydrogens (tertiary/aromatic N) is 4. The lowest BCUT2D eigenvalue weighted by atomic mass is 10.0. The molecule has 1 unspecified atom stereocenters. The molecular formula is C17H20N4O3. The summed E-state index contributed by atoms with van der Waals surface area (Å²) in [5, 5.41) is 4.48. The minimum Gasteiger partial charge on any atom is -0.454 e. The molecule has 7 heteroatoms. The lowest BCUT2D eigenvalue weighted by Gasteiger charge is -2.33. The molecule has 3 heterocycles. The second-order valence-electron chi connectivity index (χ2n) is 6.24. The van der Waals surface area contributed by atoms with Crippen LogP contribution in [-0.2, 0) is 0 Å². The fraction of sp³-hybridized carbons (Fsp3) is 0.471. The van der Waals surface area contributed by atoms with Gasteiger partial charge < -0.3 is 14.4 Å². The van der Waals surface area contributed by atoms with Crippen LogP contribution in [0.1, 0.15) is 40.9 Å². The zero-order chi connectivity index (χ0) is 16.7. The molecule has 0 aliphatic carbocycles. The topological polar surface area (TPSA) is 69.5 Å². The van der Waals surface area contributed by atoms with Crippen LogP contribution >= 0.6 is 0 Å². The number of aryl methyl sites for hydroxylation is 2. The number of hydrogen-bond donors (Lipinski definition) is 0. The Morgan fingerprint density at radius 2 is 2.17 bits per heavy atom. The molecule has 1 fully saturated rings. The smallest absolute Gasteiger partial charge is 0.257 e. The van der Waals surface area contributed by atoms with E-state index >= 15 is 0 Å². The number of benzene rings is 1. The summed E-state index contributed by atoms with van der Waals surface area (Å²) in [4.78, 5) is 19.2. The standard InChI is InChI=1S/C17H20N4O3/c1-11-18-12(2)21(19-11)13-5-4-8-20(9-13)17(22)14-6-3-7-15-16(14)24-10-23-15/h3,6-7,13H,4-5,8-10H2,1-2H3. The van der Waals surface area contributed by atoms with E-state index in [-0.39, 0.29) is 18.7 Å². The van der Waals surface area contributed by atoms with Crippen LogP contribution in [0.25, 0.3) is 0 Å². The SMILES string of the molecule is Cc1nc(C)n(C2CCCN(C(=O)c3cccc4c3OCO4)C2)n1. The molecule has 1 aromatic carbocycles. The molecule has 0 bridgehead atoms. The first-order valence-corrected chi connectivity index (χ1v) is 8.21. The summed E-state index contributed by atoms with van der Waals surface area (Å²) in [6, 6.07) is 5.61. The van der Waals surface area contributed by atoms with Crippen LogP contribution in [0.15, 0.2) is 18.2 Å². The monoisotopic (exact) mass is 328 g/mol. The van der Waals surface area contributed by atoms with Crippen molar-refractivity contribution in [3.8, 4) is 11.5 Å². The Kier molecular flexibility index (Phi) is 3.63. The summed E-state index contributed by atoms with van der Waals surface area (Å²) >= 11 is 0. The number of para-hydroxylation sites is 1. The minimum absolute atomic E-state index is 0.0171. The normalized spacial score (nSPS) is 19.6. The van der Waals surface area contributed by atoms with Crippen LogP contribution in [0.2, 0.25) is 0 Å². The summed E-state index contributed by atoms with van der Waals surface area (Å²) in [6.45, 7) is 5.38. The highest BCUT2D eigenvalue weighted by atomic mass is 16.7. The van der Waals surface area contributed by atoms with Crippen molar-refractivity contribution in [3.05, 3.63) is 35.4 Å². The number of amides is 1. The molecular weight excluding hydrogens is 308 g/mol. The van der Waals surface area contributed by atoms with Crippen molar-refractivity contribution in [2.24, 2.45) is 0 Å². The number of ether oxygens (including phenoxy) is 2. The molecule has 0 radical (unpaired) electrons. The van der Waals surface area contributed by atoms with Crippen LogP contribution in [0.3, 0.4) is 0 Å². The Morgan fingerprint density at radius 1 is 1.29 bits per heavy atom. The van der Waals surface area contributed by atoms with Crippen LogP contribution in [0.4, 0.5) is 0 Å². The van der Waals surface area contributed by atoms with Crippen molar-refractivity contribution >= 4 is 5.91 Å². The van der Waals surface area contributed by atoms with E-state index in [1.807, 2.05) is 35.6 Å². The largest absolute Gasteiger partial charge is 0.454 e. The van der Waals surface area contributed by atoms with Gasteiger partial charge in [-0.3, -0.25) is 4.79 Å². The van der Waals surface area contributed by atoms with E-state index < -0.39 is 0 Å². The van der Waals surface area contributed by atoms with Crippen LogP contribution in [-0.4, -0.2) is 45.5 Å². The van der Waals surface area contributed by atoms with Crippen molar-refractivity contribution in [1.82, 2.24) is 19.7 Å². The zero-order valence-electron chi connectivity index (χ0n) is 13.9. The molecule has 1 amide bonds. The van der Waals surface area contributed by atoms with Gasteiger partial charge in [0, 0.05) is 13.1 Å². The Morgan fingerprint density at radius 3 is 2.96 bits per heavy atom. The summed E-state index contributed by atoms with van der Waals surface area (Å²) in [5.41, 5.74) is 0.567. The third-order valence-electron chi connectivity index (χ3n) is 4.56. The number of fused-ring (bicyclic) bond motifs is 1. The van der Waals surface area contributed by atoms with E-state index in [0.29, 0.717) is 23.6 Å². The van der Waals surface area contributed by atoms with Gasteiger partial charge in [-0.15, -0.1) is 0 Å². The Bertz CT molecular complexity index is 786. The fourth-order valence-electron chi connectivity index (χ4n) is 3.49. The number of rotatable bonds is 2. The van der Waals surface area contributed by atoms with E-state index in [1.54, 1.807) is 6.07 Å². The molecule has 2 aromatic rings. The van der Waals surface area contributed by atoms with Gasteiger partial charge in [0.1, 0.15) is 11.6 Å². The van der Waals surface area contributed by atoms with Crippen LogP contribution in [0.5, 0.6) is 11.5 Å². The van der Waals surface area contributed by atoms with Gasteiger partial charge in [0.2, 0.25) is 6.79 Å². The first kappa shape index (κ1) is 15.0. The Balaban J connectivity index is 1.57. The summed E-state index contributed by atoms with van der Waals surface area (Å²) in [6.07, 6.45) is 1.95. The molecule has 126 valence electrons. The highest BCUT2D eigenvalue weighted by Crippen LogP contribution is 2.36. The average molecular weight is 328 g/mol. The van der Waals surface area contributed by atoms with Crippen molar-refractivity contribution in [3.63, 3.8) is 0 Å². The third kappa shape index (κ3) is 2.50. The molecule has 24 heavy (non-hydrogen) atoms. The second-order valence-corrected chi connectivity index (χ2v) is 6.24. The number of likely N-dealkylation sites (tertiary alicyclic amines) is 1. The summed E-state index contributed by atoms with van der Waals surface area (Å²) < 4.78 is 12.8. The number of carbonyl (C=O) groups excluding carboxylic acids is 1. The molecule has 7 nitrogen and oxygen atoms in total. The van der Waals surface area contributed by atoms with E-state index in [4.69, 9.17) is 9.47 Å². The molecule has 0 saturated carbocycles. The number of piperidine rings is 1. The molecule has 1 aromatic heterocycles. The number of carbonyl (C=O) groups is 1. The van der Waals surface area contributed by atoms with Gasteiger partial charge in [0.15, 0.2) is 11.5 Å². The van der Waals surface area contributed by atoms with Gasteiger partial charge in [0.05, 0.1) is 11.6 Å². The molecule has 4 rings (SSSR count). The third-order valence-corrected chi connectivity index (χ3v) is 4.56. The molecule has 0 spiro atoms. The van der Waals surface area contributed by atoms with Gasteiger partial charge in [-0.05, 0) is 38.8 Å². The van der Waals surface area contributed by atoms with Crippen molar-refractivity contribution in [2.75, 3.05) is 19.9 Å². The second kappa shape index (κ2) is 5.81. The molecule has 1 saturated heterocycles. The molecule has 1 atom stereocenters. The van der Waals surface area contributed by atoms with Crippen LogP contribution < -0.4 is 9.47 Å². The van der Waals surface area contributed by atoms with Gasteiger partial charge >= 0.3 is 0 Å². The summed E-state index contributed by atoms with van der Waals surface area (Å²) in [5.74, 6) is 2.83. The maximum atomic E-state index is 13.0. The molecule has 2 aliphatic heterocycles. The van der Waals surface area contributed by atoms with Gasteiger partial charge in [0.25, 0.3) is 5.91 Å². The first-order valence-electron chi connectivity index (χ1n) is 8.21. The molecule has 0 N–H and O–H groups in total. The maximum absolute atomic E-state index is 13.0. The van der Waals surface area contributed by atoms with Crippen LogP contribution in [0, 0.1) is 13.8 Å². The van der Waals surface area contributed by atoms with Gasteiger partial charge in [-0.2, -0.15) is 5.10 Å². The van der Waals surface area contributed by atoms with E-state index in [2.05, 4.69) is 10.1 Å². The quantitative estimate of drug-likeness (QED) is 0.844. The zero-order valence-corrected chi connectivity index (χ0v) is 13.9. The first-order chi connectivity index (χ1) is 11.6. The van der Waals surface area contributed by atoms with Crippen molar-refractivity contribution in [2.45, 2.75) is 32.7 Å². The summed E-state index contributed by atoms with van der Waals surface area (Å²) in [7, 11) is 0. The van der Waals surface area contributed by atoms with Gasteiger partial charge in [-0.25, -0.2) is 9.67 Å². The lowest BCUT2D eigenvalue weighted by Crippen LogP contribution is -2.41. The predicted octanol–water partition coefficient (Wildman–Crippen LogP) is 2.10. The van der Waals surface area contributed by atoms with Crippen molar-refractivity contribution in [1.29, 1.82) is 0 Å². The van der Waals surface area contributed by atoms with E-state index in [9.17, 15) is 4.79 Å². The van der Waals surface area contributed by atoms with E-state index in [1.165, 1.54) is 0 Å². The van der Waals surface area contributed by atoms with Crippen molar-refractivity contribution < 1.29 is 14.3 Å². The predicted molar refractivity (Wildman–Crippen MR) is 86.2 cm³/mol. The molecule has 2 aliphatic rings. The average Bonchev–Trinajstić information content (AvgIpc) is 3.20.